The Kier molecular flexibility index (Phi) is 31.4. The van der Waals surface area contributed by atoms with Crippen molar-refractivity contribution in [3.8, 4) is 23.0 Å². The third-order valence-electron chi connectivity index (χ3n) is 17.9. The van der Waals surface area contributed by atoms with Gasteiger partial charge in [-0.1, -0.05) is 64.1 Å². The molecule has 1 aliphatic carbocycles. The first-order chi connectivity index (χ1) is 51.5. The number of ether oxygens (including phenoxy) is 10. The van der Waals surface area contributed by atoms with Gasteiger partial charge in [-0.15, -0.1) is 0 Å². The molecule has 2 aliphatic heterocycles. The number of carbonyl (C=O) groups is 6. The number of carbonyl (C=O) groups excluding carboxylic acids is 6. The molecule has 24 heteroatoms. The molecule has 0 N–H and O–H groups in total. The van der Waals surface area contributed by atoms with Gasteiger partial charge in [0, 0.05) is 164 Å². The van der Waals surface area contributed by atoms with Crippen molar-refractivity contribution in [2.24, 2.45) is 0 Å². The molecule has 8 bridgehead atoms. The lowest BCUT2D eigenvalue weighted by molar-refractivity contribution is 0.00797. The summed E-state index contributed by atoms with van der Waals surface area (Å²) in [5.74, 6) is 2.92. The first kappa shape index (κ1) is 88.5. The summed E-state index contributed by atoms with van der Waals surface area (Å²) >= 11 is 0. The maximum atomic E-state index is 14.5. The number of hydrogen-bond acceptors (Lipinski definition) is 18. The van der Waals surface area contributed by atoms with Crippen LogP contribution in [0.1, 0.15) is 223 Å². The standard InChI is InChI=1S/C86H132N8O16/c1-23-49-101-71-61-29-27-30-62(71)54-66-58-70(88-35-39-91(77(97)107-83(11,12)13)43-47-94(80(100)110-86(20,21)22)48-44-92(40-36-88)78(98)108-84(14,15)16)60-68(74(66)104-52-26-4)56-64-32-28-31-63(72(64)102-50-24-2)55-67-59-69(57-65(53-61)73(67)103-51-25-3)87-33-37-89(75(95)105-81(5,6)7)41-45-93(79(99)109-85(17,18)19)46-42-90(38-34-87)76(96)106-82(8,9)10/h27-32,57-60H,23-26,33-56H2,1-22H3. The van der Waals surface area contributed by atoms with E-state index in [4.69, 9.17) is 47.4 Å². The van der Waals surface area contributed by atoms with Crippen molar-refractivity contribution >= 4 is 47.9 Å². The van der Waals surface area contributed by atoms with Gasteiger partial charge in [0.2, 0.25) is 0 Å². The molecule has 0 unspecified atom stereocenters. The fraction of sp³-hybridized carbons (Fsp3) is 0.651. The van der Waals surface area contributed by atoms with E-state index in [1.165, 1.54) is 0 Å². The third-order valence-corrected chi connectivity index (χ3v) is 17.9. The Morgan fingerprint density at radius 1 is 0.264 bits per heavy atom. The second kappa shape index (κ2) is 39.0. The van der Waals surface area contributed by atoms with E-state index in [-0.39, 0.29) is 78.5 Å². The predicted molar refractivity (Wildman–Crippen MR) is 431 cm³/mol. The highest BCUT2D eigenvalue weighted by molar-refractivity contribution is 5.73. The Labute approximate surface area is 656 Å². The molecule has 6 amide bonds. The summed E-state index contributed by atoms with van der Waals surface area (Å²) in [5.41, 5.74) is 3.96. The number of para-hydroxylation sites is 2. The largest absolute Gasteiger partial charge is 0.493 e. The number of benzene rings is 4. The van der Waals surface area contributed by atoms with Gasteiger partial charge < -0.3 is 86.6 Å². The lowest BCUT2D eigenvalue weighted by Crippen LogP contribution is -2.51. The number of amides is 6. The Balaban J connectivity index is 1.48. The number of nitrogens with zero attached hydrogens (tertiary/aromatic N) is 8. The van der Waals surface area contributed by atoms with Crippen LogP contribution in [0.4, 0.5) is 40.1 Å². The molecule has 4 aromatic rings. The van der Waals surface area contributed by atoms with Crippen LogP contribution in [0.25, 0.3) is 0 Å². The molecular weight excluding hydrogens is 1400 g/mol. The van der Waals surface area contributed by atoms with Gasteiger partial charge in [0.25, 0.3) is 0 Å². The van der Waals surface area contributed by atoms with Gasteiger partial charge in [-0.2, -0.15) is 0 Å². The van der Waals surface area contributed by atoms with Crippen LogP contribution in [0.2, 0.25) is 0 Å². The van der Waals surface area contributed by atoms with E-state index in [1.54, 1.807) is 70.9 Å². The normalized spacial score (nSPS) is 15.9. The lowest BCUT2D eigenvalue weighted by Gasteiger charge is -2.36. The number of fused-ring (bicyclic) bond motifs is 8. The lowest BCUT2D eigenvalue weighted by atomic mass is 9.90. The molecular formula is C86H132N8O16. The summed E-state index contributed by atoms with van der Waals surface area (Å²) in [6, 6.07) is 21.4. The van der Waals surface area contributed by atoms with Gasteiger partial charge in [-0.05, 0) is 197 Å². The smallest absolute Gasteiger partial charge is 0.410 e. The van der Waals surface area contributed by atoms with Crippen molar-refractivity contribution in [3.63, 3.8) is 0 Å². The summed E-state index contributed by atoms with van der Waals surface area (Å²) in [7, 11) is 0. The van der Waals surface area contributed by atoms with Crippen LogP contribution in [-0.2, 0) is 54.1 Å². The average Bonchev–Trinajstić information content (AvgIpc) is 0.777. The summed E-state index contributed by atoms with van der Waals surface area (Å²) in [6.07, 6.45) is 1.14. The maximum absolute atomic E-state index is 14.5. The van der Waals surface area contributed by atoms with Gasteiger partial charge in [0.1, 0.15) is 56.6 Å². The van der Waals surface area contributed by atoms with Crippen molar-refractivity contribution in [3.05, 3.63) is 105 Å². The van der Waals surface area contributed by atoms with Crippen LogP contribution in [0, 0.1) is 0 Å². The van der Waals surface area contributed by atoms with E-state index in [0.29, 0.717) is 78.3 Å². The van der Waals surface area contributed by atoms with Crippen molar-refractivity contribution < 1.29 is 76.1 Å². The molecule has 7 rings (SSSR count). The molecule has 0 atom stereocenters. The van der Waals surface area contributed by atoms with Crippen molar-refractivity contribution in [2.45, 2.75) is 237 Å². The van der Waals surface area contributed by atoms with Crippen molar-refractivity contribution in [2.75, 3.05) is 141 Å². The van der Waals surface area contributed by atoms with Crippen LogP contribution in [0.3, 0.4) is 0 Å². The molecule has 0 radical (unpaired) electrons. The minimum absolute atomic E-state index is 0.0984. The van der Waals surface area contributed by atoms with Crippen molar-refractivity contribution in [1.82, 2.24) is 29.4 Å². The Morgan fingerprint density at radius 2 is 0.427 bits per heavy atom. The van der Waals surface area contributed by atoms with E-state index in [2.05, 4.69) is 98.2 Å². The van der Waals surface area contributed by atoms with E-state index < -0.39 is 70.2 Å². The molecule has 4 aromatic carbocycles. The van der Waals surface area contributed by atoms with Crippen molar-refractivity contribution in [1.29, 1.82) is 0 Å². The van der Waals surface area contributed by atoms with E-state index in [0.717, 1.165) is 105 Å². The molecule has 2 saturated heterocycles. The molecule has 3 aliphatic rings. The summed E-state index contributed by atoms with van der Waals surface area (Å²) in [4.78, 5) is 100. The minimum atomic E-state index is -0.825. The third kappa shape index (κ3) is 27.9. The van der Waals surface area contributed by atoms with Crippen LogP contribution in [0.15, 0.2) is 60.7 Å². The van der Waals surface area contributed by atoms with Crippen LogP contribution in [0.5, 0.6) is 23.0 Å². The molecule has 2 heterocycles. The van der Waals surface area contributed by atoms with Crippen LogP contribution >= 0.6 is 0 Å². The molecule has 110 heavy (non-hydrogen) atoms. The quantitative estimate of drug-likeness (QED) is 0.0943. The minimum Gasteiger partial charge on any atom is -0.493 e. The zero-order valence-electron chi connectivity index (χ0n) is 70.7. The van der Waals surface area contributed by atoms with E-state index in [1.807, 2.05) is 83.1 Å². The van der Waals surface area contributed by atoms with Gasteiger partial charge >= 0.3 is 36.6 Å². The highest BCUT2D eigenvalue weighted by Gasteiger charge is 2.35. The van der Waals surface area contributed by atoms with E-state index >= 15 is 0 Å². The SMILES string of the molecule is CCCOc1c2cccc1Cc1cc(N3CCN(C(=O)OC(C)(C)C)CCN(C(=O)OC(C)(C)C)CCN(C(=O)OC(C)(C)C)CC3)cc(c1OCCC)Cc1cccc(c1OCCC)Cc1cc(N3CCN(C(=O)OC(C)(C)C)CCN(C(=O)OC(C)(C)C)CCN(C(=O)OC(C)(C)C)CC3)cc(c1OCCC)C2. The summed E-state index contributed by atoms with van der Waals surface area (Å²) in [5, 5.41) is 0. The van der Waals surface area contributed by atoms with Gasteiger partial charge in [-0.3, -0.25) is 0 Å². The Morgan fingerprint density at radius 3 is 0.591 bits per heavy atom. The fourth-order valence-electron chi connectivity index (χ4n) is 13.0. The highest BCUT2D eigenvalue weighted by atomic mass is 16.6. The molecule has 612 valence electrons. The average molecular weight is 1530 g/mol. The number of hydrogen-bond donors (Lipinski definition) is 0. The van der Waals surface area contributed by atoms with Gasteiger partial charge in [0.15, 0.2) is 0 Å². The highest BCUT2D eigenvalue weighted by Crippen LogP contribution is 2.43. The van der Waals surface area contributed by atoms with Crippen LogP contribution in [-0.4, -0.2) is 231 Å². The molecule has 0 saturated carbocycles. The fourth-order valence-corrected chi connectivity index (χ4v) is 13.0. The predicted octanol–water partition coefficient (Wildman–Crippen LogP) is 16.6. The second-order valence-corrected chi connectivity index (χ2v) is 34.9. The Hall–Kier alpha value is -8.70. The number of anilines is 2. The first-order valence-electron chi connectivity index (χ1n) is 39.9. The molecule has 0 aromatic heterocycles. The summed E-state index contributed by atoms with van der Waals surface area (Å²) < 4.78 is 64.5. The molecule has 2 fully saturated rings. The number of rotatable bonds is 14. The zero-order chi connectivity index (χ0) is 81.1. The van der Waals surface area contributed by atoms with Gasteiger partial charge in [-0.25, -0.2) is 28.8 Å². The van der Waals surface area contributed by atoms with Crippen LogP contribution < -0.4 is 28.7 Å². The maximum Gasteiger partial charge on any atom is 0.410 e. The zero-order valence-corrected chi connectivity index (χ0v) is 70.7. The monoisotopic (exact) mass is 1530 g/mol. The summed E-state index contributed by atoms with van der Waals surface area (Å²) in [6.45, 7) is 45.7. The topological polar surface area (TPSA) is 221 Å². The first-order valence-corrected chi connectivity index (χ1v) is 39.9. The van der Waals surface area contributed by atoms with Gasteiger partial charge in [0.05, 0.1) is 26.4 Å². The molecule has 0 spiro atoms. The van der Waals surface area contributed by atoms with E-state index in [9.17, 15) is 28.8 Å². The second-order valence-electron chi connectivity index (χ2n) is 34.9. The Bertz CT molecular complexity index is 3310. The molecule has 24 nitrogen and oxygen atoms in total.